The van der Waals surface area contributed by atoms with Crippen molar-refractivity contribution >= 4 is 23.2 Å². The number of fused-ring (bicyclic) bond motifs is 1. The Hall–Kier alpha value is -3.08. The molecule has 5 heteroatoms. The molecule has 3 rings (SSSR count). The Morgan fingerprint density at radius 1 is 0.958 bits per heavy atom. The number of hydrogen-bond donors (Lipinski definition) is 1. The smallest absolute Gasteiger partial charge is 0.271 e. The van der Waals surface area contributed by atoms with Crippen LogP contribution in [-0.4, -0.2) is 23.2 Å². The lowest BCUT2D eigenvalue weighted by atomic mass is 9.99. The fourth-order valence-electron chi connectivity index (χ4n) is 2.70. The molecular formula is C19H16N2O3. The number of Topliss-reactive ketones (excluding diaryl/α,β-unsaturated/α-hetero) is 2. The van der Waals surface area contributed by atoms with Gasteiger partial charge in [0.15, 0.2) is 11.6 Å². The van der Waals surface area contributed by atoms with E-state index in [0.717, 1.165) is 5.56 Å². The van der Waals surface area contributed by atoms with Crippen LogP contribution in [0.2, 0.25) is 0 Å². The van der Waals surface area contributed by atoms with Crippen molar-refractivity contribution in [2.45, 2.75) is 13.8 Å². The Morgan fingerprint density at radius 3 is 2.04 bits per heavy atom. The molecule has 0 atom stereocenters. The monoisotopic (exact) mass is 320 g/mol. The van der Waals surface area contributed by atoms with Crippen LogP contribution in [0, 0.1) is 12.8 Å². The first-order valence-electron chi connectivity index (χ1n) is 7.57. The molecule has 0 radical (unpaired) electrons. The molecule has 120 valence electrons. The predicted octanol–water partition coefficient (Wildman–Crippen LogP) is 2.80. The highest BCUT2D eigenvalue weighted by molar-refractivity contribution is 6.36. The van der Waals surface area contributed by atoms with Gasteiger partial charge in [0.05, 0.1) is 5.71 Å². The molecule has 0 bridgehead atoms. The summed E-state index contributed by atoms with van der Waals surface area (Å²) in [6, 6.07) is 13.7. The summed E-state index contributed by atoms with van der Waals surface area (Å²) in [5, 5.41) is 3.96. The zero-order valence-electron chi connectivity index (χ0n) is 13.4. The van der Waals surface area contributed by atoms with Gasteiger partial charge in [0.1, 0.15) is 5.92 Å². The maximum atomic E-state index is 12.4. The Labute approximate surface area is 139 Å². The number of carbonyl (C=O) groups excluding carboxylic acids is 3. The zero-order valence-corrected chi connectivity index (χ0v) is 13.4. The number of rotatable bonds is 3. The molecule has 1 aliphatic rings. The number of hydrogen-bond acceptors (Lipinski definition) is 4. The van der Waals surface area contributed by atoms with Crippen LogP contribution in [0.1, 0.15) is 43.6 Å². The summed E-state index contributed by atoms with van der Waals surface area (Å²) in [7, 11) is 0. The fraction of sp³-hybridized carbons (Fsp3) is 0.158. The minimum atomic E-state index is -0.958. The van der Waals surface area contributed by atoms with E-state index in [0.29, 0.717) is 16.7 Å². The van der Waals surface area contributed by atoms with Gasteiger partial charge < -0.3 is 0 Å². The van der Waals surface area contributed by atoms with E-state index >= 15 is 0 Å². The molecule has 5 nitrogen and oxygen atoms in total. The zero-order chi connectivity index (χ0) is 17.3. The maximum Gasteiger partial charge on any atom is 0.271 e. The second-order valence-electron chi connectivity index (χ2n) is 5.77. The second kappa shape index (κ2) is 6.20. The van der Waals surface area contributed by atoms with E-state index < -0.39 is 5.92 Å². The van der Waals surface area contributed by atoms with Gasteiger partial charge >= 0.3 is 0 Å². The summed E-state index contributed by atoms with van der Waals surface area (Å²) in [5.74, 6) is -1.90. The molecule has 0 aromatic heterocycles. The topological polar surface area (TPSA) is 75.6 Å². The van der Waals surface area contributed by atoms with Gasteiger partial charge in [-0.15, -0.1) is 0 Å². The normalized spacial score (nSPS) is 14.7. The molecule has 1 aliphatic carbocycles. The van der Waals surface area contributed by atoms with Gasteiger partial charge in [0.2, 0.25) is 0 Å². The lowest BCUT2D eigenvalue weighted by molar-refractivity contribution is 0.0877. The summed E-state index contributed by atoms with van der Waals surface area (Å²) in [6.45, 7) is 3.50. The van der Waals surface area contributed by atoms with Gasteiger partial charge in [-0.3, -0.25) is 14.4 Å². The summed E-state index contributed by atoms with van der Waals surface area (Å²) >= 11 is 0. The Bertz CT molecular complexity index is 831. The van der Waals surface area contributed by atoms with Gasteiger partial charge in [-0.05, 0) is 26.0 Å². The minimum Gasteiger partial charge on any atom is -0.293 e. The number of hydrazone groups is 1. The Morgan fingerprint density at radius 2 is 1.50 bits per heavy atom. The average Bonchev–Trinajstić information content (AvgIpc) is 2.85. The van der Waals surface area contributed by atoms with Gasteiger partial charge in [-0.25, -0.2) is 5.43 Å². The molecular weight excluding hydrogens is 304 g/mol. The third-order valence-corrected chi connectivity index (χ3v) is 4.05. The number of benzene rings is 2. The molecule has 2 aromatic rings. The van der Waals surface area contributed by atoms with Crippen molar-refractivity contribution in [2.75, 3.05) is 0 Å². The molecule has 0 aliphatic heterocycles. The first-order chi connectivity index (χ1) is 11.5. The fourth-order valence-corrected chi connectivity index (χ4v) is 2.70. The third kappa shape index (κ3) is 2.76. The van der Waals surface area contributed by atoms with Crippen molar-refractivity contribution in [3.63, 3.8) is 0 Å². The first-order valence-corrected chi connectivity index (χ1v) is 7.57. The van der Waals surface area contributed by atoms with Crippen LogP contribution in [0.4, 0.5) is 0 Å². The van der Waals surface area contributed by atoms with Crippen LogP contribution in [0.5, 0.6) is 0 Å². The number of amides is 1. The van der Waals surface area contributed by atoms with Crippen LogP contribution in [0.3, 0.4) is 0 Å². The molecule has 0 saturated carbocycles. The number of aryl methyl sites for hydroxylation is 1. The summed E-state index contributed by atoms with van der Waals surface area (Å²) in [6.07, 6.45) is 0. The lowest BCUT2D eigenvalue weighted by Gasteiger charge is -2.07. The van der Waals surface area contributed by atoms with Crippen molar-refractivity contribution in [2.24, 2.45) is 11.0 Å². The highest BCUT2D eigenvalue weighted by Gasteiger charge is 2.40. The summed E-state index contributed by atoms with van der Waals surface area (Å²) < 4.78 is 0. The highest BCUT2D eigenvalue weighted by Crippen LogP contribution is 2.27. The van der Waals surface area contributed by atoms with E-state index in [1.807, 2.05) is 19.1 Å². The van der Waals surface area contributed by atoms with Gasteiger partial charge in [0, 0.05) is 16.7 Å². The van der Waals surface area contributed by atoms with E-state index in [9.17, 15) is 14.4 Å². The van der Waals surface area contributed by atoms with Crippen LogP contribution in [-0.2, 0) is 0 Å². The van der Waals surface area contributed by atoms with Crippen molar-refractivity contribution in [1.82, 2.24) is 5.43 Å². The maximum absolute atomic E-state index is 12.4. The van der Waals surface area contributed by atoms with Crippen molar-refractivity contribution < 1.29 is 14.4 Å². The molecule has 0 fully saturated rings. The van der Waals surface area contributed by atoms with Gasteiger partial charge in [0.25, 0.3) is 5.91 Å². The predicted molar refractivity (Wildman–Crippen MR) is 90.3 cm³/mol. The van der Waals surface area contributed by atoms with Crippen LogP contribution >= 0.6 is 0 Å². The molecule has 0 spiro atoms. The van der Waals surface area contributed by atoms with Crippen LogP contribution < -0.4 is 5.43 Å². The van der Waals surface area contributed by atoms with Gasteiger partial charge in [-0.2, -0.15) is 5.10 Å². The summed E-state index contributed by atoms with van der Waals surface area (Å²) in [5.41, 5.74) is 5.02. The average molecular weight is 320 g/mol. The Balaban J connectivity index is 1.77. The minimum absolute atomic E-state index is 0.276. The van der Waals surface area contributed by atoms with E-state index in [-0.39, 0.29) is 23.2 Å². The highest BCUT2D eigenvalue weighted by atomic mass is 16.2. The SMILES string of the molecule is C/C(=N/NC(=O)c1ccc(C)cc1)C1C(=O)c2ccccc2C1=O. The first kappa shape index (κ1) is 15.8. The van der Waals surface area contributed by atoms with Gasteiger partial charge in [-0.1, -0.05) is 42.0 Å². The van der Waals surface area contributed by atoms with Crippen molar-refractivity contribution in [3.8, 4) is 0 Å². The number of ketones is 2. The molecule has 2 aromatic carbocycles. The molecule has 0 unspecified atom stereocenters. The molecule has 0 saturated heterocycles. The largest absolute Gasteiger partial charge is 0.293 e. The number of nitrogens with zero attached hydrogens (tertiary/aromatic N) is 1. The third-order valence-electron chi connectivity index (χ3n) is 4.05. The van der Waals surface area contributed by atoms with Crippen molar-refractivity contribution in [3.05, 3.63) is 70.8 Å². The number of nitrogens with one attached hydrogen (secondary N) is 1. The quantitative estimate of drug-likeness (QED) is 0.537. The molecule has 0 heterocycles. The number of carbonyl (C=O) groups is 3. The van der Waals surface area contributed by atoms with Crippen LogP contribution in [0.25, 0.3) is 0 Å². The molecule has 1 amide bonds. The van der Waals surface area contributed by atoms with E-state index in [1.165, 1.54) is 0 Å². The summed E-state index contributed by atoms with van der Waals surface area (Å²) in [4.78, 5) is 36.8. The molecule has 1 N–H and O–H groups in total. The standard InChI is InChI=1S/C19H16N2O3/c1-11-7-9-13(10-8-11)19(24)21-20-12(2)16-17(22)14-5-3-4-6-15(14)18(16)23/h3-10,16H,1-2H3,(H,21,24)/b20-12-. The lowest BCUT2D eigenvalue weighted by Crippen LogP contribution is -2.27. The van der Waals surface area contributed by atoms with E-state index in [2.05, 4.69) is 10.5 Å². The van der Waals surface area contributed by atoms with Crippen molar-refractivity contribution in [1.29, 1.82) is 0 Å². The van der Waals surface area contributed by atoms with Crippen LogP contribution in [0.15, 0.2) is 53.6 Å². The van der Waals surface area contributed by atoms with E-state index in [4.69, 9.17) is 0 Å². The Kier molecular flexibility index (Phi) is 4.08. The van der Waals surface area contributed by atoms with E-state index in [1.54, 1.807) is 43.3 Å². The second-order valence-corrected chi connectivity index (χ2v) is 5.77. The molecule has 24 heavy (non-hydrogen) atoms.